The third-order valence-corrected chi connectivity index (χ3v) is 4.97. The van der Waals surface area contributed by atoms with Gasteiger partial charge < -0.3 is 10.1 Å². The molecule has 134 valence electrons. The highest BCUT2D eigenvalue weighted by molar-refractivity contribution is 6.35. The fraction of sp³-hybridized carbons (Fsp3) is 0.350. The third kappa shape index (κ3) is 5.65. The molecule has 0 bridgehead atoms. The smallest absolute Gasteiger partial charge is 0.258 e. The maximum atomic E-state index is 11.9. The minimum Gasteiger partial charge on any atom is -0.484 e. The Morgan fingerprint density at radius 3 is 2.40 bits per heavy atom. The van der Waals surface area contributed by atoms with Crippen molar-refractivity contribution >= 4 is 29.1 Å². The van der Waals surface area contributed by atoms with Crippen LogP contribution < -0.4 is 10.1 Å². The van der Waals surface area contributed by atoms with Crippen LogP contribution in [0.4, 0.5) is 0 Å². The summed E-state index contributed by atoms with van der Waals surface area (Å²) in [6.45, 7) is 6.88. The van der Waals surface area contributed by atoms with E-state index >= 15 is 0 Å². The van der Waals surface area contributed by atoms with Gasteiger partial charge in [0.2, 0.25) is 0 Å². The van der Waals surface area contributed by atoms with Crippen molar-refractivity contribution in [1.29, 1.82) is 0 Å². The van der Waals surface area contributed by atoms with E-state index in [0.29, 0.717) is 22.3 Å². The Hall–Kier alpha value is -1.71. The van der Waals surface area contributed by atoms with Gasteiger partial charge in [-0.2, -0.15) is 0 Å². The van der Waals surface area contributed by atoms with Crippen molar-refractivity contribution in [3.05, 3.63) is 63.6 Å². The number of amides is 1. The number of carbonyl (C=O) groups is 1. The van der Waals surface area contributed by atoms with E-state index in [4.69, 9.17) is 27.9 Å². The van der Waals surface area contributed by atoms with Crippen molar-refractivity contribution in [3.63, 3.8) is 0 Å². The summed E-state index contributed by atoms with van der Waals surface area (Å²) in [7, 11) is 0. The van der Waals surface area contributed by atoms with E-state index in [1.54, 1.807) is 18.2 Å². The fourth-order valence-corrected chi connectivity index (χ4v) is 2.74. The number of rotatable bonds is 7. The summed E-state index contributed by atoms with van der Waals surface area (Å²) in [6, 6.07) is 13.1. The second kappa shape index (κ2) is 8.59. The molecule has 1 N–H and O–H groups in total. The predicted molar refractivity (Wildman–Crippen MR) is 104 cm³/mol. The summed E-state index contributed by atoms with van der Waals surface area (Å²) in [5, 5.41) is 3.88. The summed E-state index contributed by atoms with van der Waals surface area (Å²) in [5.74, 6) is 0.472. The average molecular weight is 380 g/mol. The zero-order valence-corrected chi connectivity index (χ0v) is 16.2. The maximum Gasteiger partial charge on any atom is 0.258 e. The van der Waals surface area contributed by atoms with Crippen LogP contribution >= 0.6 is 23.2 Å². The molecule has 0 fully saturated rings. The lowest BCUT2D eigenvalue weighted by Crippen LogP contribution is -2.28. The Morgan fingerprint density at radius 2 is 1.80 bits per heavy atom. The van der Waals surface area contributed by atoms with Crippen molar-refractivity contribution in [2.24, 2.45) is 0 Å². The predicted octanol–water partition coefficient (Wildman–Crippen LogP) is 5.38. The van der Waals surface area contributed by atoms with Crippen LogP contribution in [0.3, 0.4) is 0 Å². The third-order valence-electron chi connectivity index (χ3n) is 4.38. The van der Waals surface area contributed by atoms with Gasteiger partial charge in [-0.05, 0) is 47.2 Å². The molecule has 0 aliphatic carbocycles. The minimum absolute atomic E-state index is 0.0400. The van der Waals surface area contributed by atoms with Gasteiger partial charge in [0.15, 0.2) is 6.61 Å². The number of ether oxygens (including phenoxy) is 1. The summed E-state index contributed by atoms with van der Waals surface area (Å²) in [5.41, 5.74) is 2.20. The van der Waals surface area contributed by atoms with Crippen molar-refractivity contribution in [2.75, 3.05) is 6.61 Å². The quantitative estimate of drug-likeness (QED) is 0.701. The molecule has 1 amide bonds. The Morgan fingerprint density at radius 1 is 1.12 bits per heavy atom. The van der Waals surface area contributed by atoms with Crippen molar-refractivity contribution in [2.45, 2.75) is 39.2 Å². The molecule has 0 aliphatic heterocycles. The van der Waals surface area contributed by atoms with Gasteiger partial charge in [-0.3, -0.25) is 4.79 Å². The molecule has 3 nitrogen and oxygen atoms in total. The summed E-state index contributed by atoms with van der Waals surface area (Å²) < 4.78 is 5.54. The molecule has 0 saturated heterocycles. The van der Waals surface area contributed by atoms with E-state index in [0.717, 1.165) is 12.0 Å². The highest BCUT2D eigenvalue weighted by atomic mass is 35.5. The molecular weight excluding hydrogens is 357 g/mol. The first-order valence-corrected chi connectivity index (χ1v) is 9.01. The van der Waals surface area contributed by atoms with Crippen LogP contribution in [0.5, 0.6) is 5.75 Å². The molecule has 2 aromatic carbocycles. The van der Waals surface area contributed by atoms with Crippen molar-refractivity contribution < 1.29 is 9.53 Å². The number of carbonyl (C=O) groups excluding carboxylic acids is 1. The lowest BCUT2D eigenvalue weighted by molar-refractivity contribution is -0.123. The zero-order chi connectivity index (χ0) is 18.4. The van der Waals surface area contributed by atoms with Gasteiger partial charge >= 0.3 is 0 Å². The molecule has 0 aliphatic rings. The molecule has 25 heavy (non-hydrogen) atoms. The van der Waals surface area contributed by atoms with Gasteiger partial charge in [0, 0.05) is 16.6 Å². The average Bonchev–Trinajstić information content (AvgIpc) is 2.59. The number of hydrogen-bond donors (Lipinski definition) is 1. The van der Waals surface area contributed by atoms with Gasteiger partial charge in [-0.25, -0.2) is 0 Å². The number of hydrogen-bond acceptors (Lipinski definition) is 2. The number of nitrogens with one attached hydrogen (secondary N) is 1. The molecule has 0 aromatic heterocycles. The van der Waals surface area contributed by atoms with Crippen LogP contribution in [0.2, 0.25) is 10.0 Å². The van der Waals surface area contributed by atoms with E-state index in [2.05, 4.69) is 26.1 Å². The number of halogens is 2. The largest absolute Gasteiger partial charge is 0.484 e. The first-order valence-electron chi connectivity index (χ1n) is 8.26. The van der Waals surface area contributed by atoms with Crippen molar-refractivity contribution in [3.8, 4) is 5.75 Å². The van der Waals surface area contributed by atoms with Gasteiger partial charge in [0.05, 0.1) is 0 Å². The van der Waals surface area contributed by atoms with Crippen LogP contribution in [0.25, 0.3) is 0 Å². The second-order valence-electron chi connectivity index (χ2n) is 6.56. The number of benzene rings is 2. The Balaban J connectivity index is 1.83. The highest BCUT2D eigenvalue weighted by Crippen LogP contribution is 2.28. The van der Waals surface area contributed by atoms with E-state index in [1.807, 2.05) is 24.3 Å². The zero-order valence-electron chi connectivity index (χ0n) is 14.7. The lowest BCUT2D eigenvalue weighted by atomic mass is 9.82. The van der Waals surface area contributed by atoms with Crippen LogP contribution in [0.1, 0.15) is 38.3 Å². The monoisotopic (exact) mass is 379 g/mol. The highest BCUT2D eigenvalue weighted by Gasteiger charge is 2.17. The second-order valence-corrected chi connectivity index (χ2v) is 7.41. The first kappa shape index (κ1) is 19.6. The van der Waals surface area contributed by atoms with Crippen molar-refractivity contribution in [1.82, 2.24) is 5.32 Å². The van der Waals surface area contributed by atoms with E-state index in [-0.39, 0.29) is 17.9 Å². The van der Waals surface area contributed by atoms with E-state index < -0.39 is 0 Å². The molecule has 0 radical (unpaired) electrons. The maximum absolute atomic E-state index is 11.9. The molecule has 0 saturated carbocycles. The molecule has 0 atom stereocenters. The minimum atomic E-state index is -0.205. The van der Waals surface area contributed by atoms with Gasteiger partial charge in [0.25, 0.3) is 5.91 Å². The SMILES string of the molecule is CCC(C)(C)c1ccc(OCC(=O)NCc2ccc(Cl)cc2Cl)cc1. The summed E-state index contributed by atoms with van der Waals surface area (Å²) >= 11 is 11.9. The van der Waals surface area contributed by atoms with Gasteiger partial charge in [0.1, 0.15) is 5.75 Å². The molecule has 5 heteroatoms. The molecule has 0 spiro atoms. The summed E-state index contributed by atoms with van der Waals surface area (Å²) in [6.07, 6.45) is 1.06. The molecule has 2 rings (SSSR count). The Labute approximate surface area is 159 Å². The molecule has 0 unspecified atom stereocenters. The van der Waals surface area contributed by atoms with Crippen LogP contribution in [0.15, 0.2) is 42.5 Å². The van der Waals surface area contributed by atoms with E-state index in [1.165, 1.54) is 5.56 Å². The fourth-order valence-electron chi connectivity index (χ4n) is 2.27. The Bertz CT molecular complexity index is 727. The van der Waals surface area contributed by atoms with E-state index in [9.17, 15) is 4.79 Å². The van der Waals surface area contributed by atoms with Crippen LogP contribution in [-0.2, 0) is 16.8 Å². The first-order chi connectivity index (χ1) is 11.8. The molecule has 2 aromatic rings. The molecule has 0 heterocycles. The molecular formula is C20H23Cl2NO2. The lowest BCUT2D eigenvalue weighted by Gasteiger charge is -2.23. The van der Waals surface area contributed by atoms with Crippen LogP contribution in [-0.4, -0.2) is 12.5 Å². The van der Waals surface area contributed by atoms with Gasteiger partial charge in [-0.15, -0.1) is 0 Å². The normalized spacial score (nSPS) is 11.2. The standard InChI is InChI=1S/C20H23Cl2NO2/c1-4-20(2,3)15-6-9-17(10-7-15)25-13-19(24)23-12-14-5-8-16(21)11-18(14)22/h5-11H,4,12-13H2,1-3H3,(H,23,24). The Kier molecular flexibility index (Phi) is 6.74. The van der Waals surface area contributed by atoms with Crippen LogP contribution in [0, 0.1) is 0 Å². The summed E-state index contributed by atoms with van der Waals surface area (Å²) in [4.78, 5) is 11.9. The van der Waals surface area contributed by atoms with Gasteiger partial charge in [-0.1, -0.05) is 62.2 Å². The topological polar surface area (TPSA) is 38.3 Å².